The van der Waals surface area contributed by atoms with Crippen molar-refractivity contribution in [2.75, 3.05) is 18.9 Å². The number of aromatic nitrogens is 3. The van der Waals surface area contributed by atoms with Gasteiger partial charge in [-0.15, -0.1) is 6.58 Å². The molecule has 0 atom stereocenters. The highest BCUT2D eigenvalue weighted by molar-refractivity contribution is 7.93. The summed E-state index contributed by atoms with van der Waals surface area (Å²) in [7, 11) is -1.11. The van der Waals surface area contributed by atoms with Crippen LogP contribution in [0.3, 0.4) is 0 Å². The first kappa shape index (κ1) is 19.0. The first-order chi connectivity index (χ1) is 12.9. The molecule has 0 radical (unpaired) electrons. The third-order valence-electron chi connectivity index (χ3n) is 3.79. The summed E-state index contributed by atoms with van der Waals surface area (Å²) in [6, 6.07) is 4.88. The number of aromatic amines is 1. The van der Waals surface area contributed by atoms with E-state index in [-0.39, 0.29) is 22.6 Å². The summed E-state index contributed by atoms with van der Waals surface area (Å²) in [4.78, 5) is 11.2. The van der Waals surface area contributed by atoms with E-state index in [1.54, 1.807) is 24.3 Å². The van der Waals surface area contributed by atoms with Gasteiger partial charge in [-0.05, 0) is 18.2 Å². The maximum atomic E-state index is 12.8. The lowest BCUT2D eigenvalue weighted by atomic mass is 10.2. The average molecular weight is 409 g/mol. The number of sulfonamides is 1. The van der Waals surface area contributed by atoms with Gasteiger partial charge in [-0.25, -0.2) is 13.1 Å². The highest BCUT2D eigenvalue weighted by Crippen LogP contribution is 2.30. The lowest BCUT2D eigenvalue weighted by Crippen LogP contribution is -2.16. The Morgan fingerprint density at radius 3 is 2.52 bits per heavy atom. The molecule has 3 rings (SSSR count). The molecule has 2 aromatic heterocycles. The zero-order valence-corrected chi connectivity index (χ0v) is 16.2. The molecule has 142 valence electrons. The Hall–Kier alpha value is -2.78. The van der Waals surface area contributed by atoms with Gasteiger partial charge >= 0.3 is 0 Å². The molecule has 0 saturated carbocycles. The Balaban J connectivity index is 2.03. The van der Waals surface area contributed by atoms with Crippen LogP contribution in [0.2, 0.25) is 5.02 Å². The Kier molecular flexibility index (Phi) is 5.24. The third kappa shape index (κ3) is 3.69. The molecule has 0 amide bonds. The minimum atomic E-state index is -3.97. The van der Waals surface area contributed by atoms with E-state index in [4.69, 9.17) is 21.1 Å². The van der Waals surface area contributed by atoms with Crippen molar-refractivity contribution in [2.24, 2.45) is 0 Å². The van der Waals surface area contributed by atoms with Gasteiger partial charge in [0.15, 0.2) is 0 Å². The number of halogens is 1. The number of hydrogen-bond acceptors (Lipinski definition) is 6. The summed E-state index contributed by atoms with van der Waals surface area (Å²) in [5.74, 6) is 0.232. The van der Waals surface area contributed by atoms with Crippen LogP contribution < -0.4 is 14.2 Å². The molecule has 1 aromatic carbocycles. The molecular weight excluding hydrogens is 392 g/mol. The number of fused-ring (bicyclic) bond motifs is 1. The smallest absolute Gasteiger partial charge is 0.266 e. The molecular formula is C17H17ClN4O4S. The minimum absolute atomic E-state index is 0.0471. The van der Waals surface area contributed by atoms with E-state index in [0.29, 0.717) is 27.9 Å². The van der Waals surface area contributed by atoms with Crippen LogP contribution >= 0.6 is 11.6 Å². The van der Waals surface area contributed by atoms with E-state index in [1.165, 1.54) is 20.4 Å². The van der Waals surface area contributed by atoms with Gasteiger partial charge in [-0.3, -0.25) is 0 Å². The monoisotopic (exact) mass is 408 g/mol. The number of anilines is 1. The molecule has 0 aliphatic rings. The van der Waals surface area contributed by atoms with Crippen molar-refractivity contribution in [3.63, 3.8) is 0 Å². The first-order valence-electron chi connectivity index (χ1n) is 7.79. The fourth-order valence-corrected chi connectivity index (χ4v) is 3.91. The van der Waals surface area contributed by atoms with Crippen LogP contribution in [0, 0.1) is 0 Å². The van der Waals surface area contributed by atoms with Crippen LogP contribution in [-0.2, 0) is 16.4 Å². The molecule has 2 heterocycles. The molecule has 2 N–H and O–H groups in total. The molecule has 10 heteroatoms. The topological polar surface area (TPSA) is 106 Å². The van der Waals surface area contributed by atoms with E-state index in [2.05, 4.69) is 26.3 Å². The molecule has 0 aliphatic heterocycles. The van der Waals surface area contributed by atoms with E-state index in [9.17, 15) is 8.42 Å². The Morgan fingerprint density at radius 2 is 1.93 bits per heavy atom. The highest BCUT2D eigenvalue weighted by Gasteiger charge is 2.23. The van der Waals surface area contributed by atoms with Gasteiger partial charge < -0.3 is 14.5 Å². The van der Waals surface area contributed by atoms with Crippen LogP contribution in [-0.4, -0.2) is 37.6 Å². The minimum Gasteiger partial charge on any atom is -0.481 e. The predicted octanol–water partition coefficient (Wildman–Crippen LogP) is 3.16. The number of H-pyrrole nitrogens is 1. The number of ether oxygens (including phenoxy) is 2. The van der Waals surface area contributed by atoms with Crippen LogP contribution in [0.15, 0.2) is 41.9 Å². The van der Waals surface area contributed by atoms with Crippen molar-refractivity contribution >= 4 is 38.5 Å². The number of nitrogens with zero attached hydrogens (tertiary/aromatic N) is 2. The van der Waals surface area contributed by atoms with Gasteiger partial charge in [-0.1, -0.05) is 17.7 Å². The van der Waals surface area contributed by atoms with Crippen LogP contribution in [0.25, 0.3) is 10.9 Å². The van der Waals surface area contributed by atoms with Crippen molar-refractivity contribution < 1.29 is 17.9 Å². The second-order valence-corrected chi connectivity index (χ2v) is 7.57. The van der Waals surface area contributed by atoms with Crippen LogP contribution in [0.4, 0.5) is 5.95 Å². The van der Waals surface area contributed by atoms with Gasteiger partial charge in [0, 0.05) is 28.5 Å². The van der Waals surface area contributed by atoms with Crippen molar-refractivity contribution in [3.8, 4) is 11.8 Å². The van der Waals surface area contributed by atoms with Gasteiger partial charge in [0.1, 0.15) is 4.90 Å². The number of nitrogens with one attached hydrogen (secondary N) is 2. The predicted molar refractivity (Wildman–Crippen MR) is 103 cm³/mol. The maximum absolute atomic E-state index is 12.8. The van der Waals surface area contributed by atoms with Crippen molar-refractivity contribution in [1.82, 2.24) is 15.0 Å². The Labute approximate surface area is 161 Å². The summed E-state index contributed by atoms with van der Waals surface area (Å²) < 4.78 is 38.5. The van der Waals surface area contributed by atoms with Crippen molar-refractivity contribution in [2.45, 2.75) is 11.3 Å². The summed E-state index contributed by atoms with van der Waals surface area (Å²) in [6.07, 6.45) is 3.43. The number of methoxy groups -OCH3 is 2. The lowest BCUT2D eigenvalue weighted by molar-refractivity contribution is 0.365. The second kappa shape index (κ2) is 7.45. The zero-order valence-electron chi connectivity index (χ0n) is 14.6. The summed E-state index contributed by atoms with van der Waals surface area (Å²) in [5.41, 5.74) is 1.17. The number of hydrogen-bond donors (Lipinski definition) is 2. The number of allylic oxidation sites excluding steroid dienone is 1. The maximum Gasteiger partial charge on any atom is 0.266 e. The number of benzene rings is 1. The zero-order chi connectivity index (χ0) is 19.6. The molecule has 0 aliphatic carbocycles. The molecule has 0 spiro atoms. The second-order valence-electron chi connectivity index (χ2n) is 5.49. The molecule has 0 bridgehead atoms. The van der Waals surface area contributed by atoms with Gasteiger partial charge in [0.25, 0.3) is 10.0 Å². The van der Waals surface area contributed by atoms with Gasteiger partial charge in [0.2, 0.25) is 17.7 Å². The van der Waals surface area contributed by atoms with E-state index >= 15 is 0 Å². The fraction of sp³-hybridized carbons (Fsp3) is 0.176. The summed E-state index contributed by atoms with van der Waals surface area (Å²) in [5, 5.41) is 0.992. The molecule has 0 fully saturated rings. The third-order valence-corrected chi connectivity index (χ3v) is 5.39. The number of rotatable bonds is 7. The standard InChI is InChI=1S/C17H17ClN4O4S/c1-4-5-12-15(25-2)20-17(21-16(12)26-3)22-27(23,24)14-9-19-13-8-10(18)6-7-11(13)14/h4,6-9,19H,1,5H2,2-3H3,(H,20,21,22). The molecule has 27 heavy (non-hydrogen) atoms. The summed E-state index contributed by atoms with van der Waals surface area (Å²) >= 11 is 5.94. The molecule has 0 saturated heterocycles. The van der Waals surface area contributed by atoms with Crippen molar-refractivity contribution in [1.29, 1.82) is 0 Å². The fourth-order valence-electron chi connectivity index (χ4n) is 2.62. The Bertz CT molecular complexity index is 1090. The molecule has 3 aromatic rings. The first-order valence-corrected chi connectivity index (χ1v) is 9.65. The average Bonchev–Trinajstić information content (AvgIpc) is 3.06. The Morgan fingerprint density at radius 1 is 1.26 bits per heavy atom. The quantitative estimate of drug-likeness (QED) is 0.581. The summed E-state index contributed by atoms with van der Waals surface area (Å²) in [6.45, 7) is 3.67. The van der Waals surface area contributed by atoms with E-state index < -0.39 is 10.0 Å². The normalized spacial score (nSPS) is 11.4. The van der Waals surface area contributed by atoms with Crippen LogP contribution in [0.5, 0.6) is 11.8 Å². The van der Waals surface area contributed by atoms with Gasteiger partial charge in [0.05, 0.1) is 19.8 Å². The molecule has 8 nitrogen and oxygen atoms in total. The van der Waals surface area contributed by atoms with Crippen molar-refractivity contribution in [3.05, 3.63) is 47.6 Å². The lowest BCUT2D eigenvalue weighted by Gasteiger charge is -2.13. The van der Waals surface area contributed by atoms with E-state index in [1.807, 2.05) is 0 Å². The largest absolute Gasteiger partial charge is 0.481 e. The van der Waals surface area contributed by atoms with E-state index in [0.717, 1.165) is 0 Å². The van der Waals surface area contributed by atoms with Gasteiger partial charge in [-0.2, -0.15) is 9.97 Å². The van der Waals surface area contributed by atoms with Crippen LogP contribution in [0.1, 0.15) is 5.56 Å². The molecule has 0 unspecified atom stereocenters. The highest BCUT2D eigenvalue weighted by atomic mass is 35.5. The SMILES string of the molecule is C=CCc1c(OC)nc(NS(=O)(=O)c2c[nH]c3cc(Cl)ccc23)nc1OC.